The summed E-state index contributed by atoms with van der Waals surface area (Å²) in [5, 5.41) is 0. The highest BCUT2D eigenvalue weighted by atomic mass is 19.4. The quantitative estimate of drug-likeness (QED) is 0.193. The Morgan fingerprint density at radius 1 is 0.853 bits per heavy atom. The summed E-state index contributed by atoms with van der Waals surface area (Å²) in [6.07, 6.45) is 2.85. The van der Waals surface area contributed by atoms with Crippen molar-refractivity contribution in [2.75, 3.05) is 0 Å². The molecule has 1 saturated carbocycles. The number of allylic oxidation sites excluding steroid dienone is 2. The smallest absolute Gasteiger partial charge is 0.432 e. The number of alkyl halides is 5. The molecule has 2 aliphatic rings. The van der Waals surface area contributed by atoms with Crippen LogP contribution in [-0.2, 0) is 0 Å². The average molecular weight is 497 g/mol. The lowest BCUT2D eigenvalue weighted by molar-refractivity contribution is -0.276. The van der Waals surface area contributed by atoms with E-state index < -0.39 is 41.5 Å². The first-order chi connectivity index (χ1) is 16.0. The highest BCUT2D eigenvalue weighted by Crippen LogP contribution is 2.45. The lowest BCUT2D eigenvalue weighted by atomic mass is 9.71. The van der Waals surface area contributed by atoms with E-state index in [1.807, 2.05) is 0 Å². The van der Waals surface area contributed by atoms with Gasteiger partial charge in [0.15, 0.2) is 11.6 Å². The van der Waals surface area contributed by atoms with Crippen LogP contribution in [0.3, 0.4) is 0 Å². The van der Waals surface area contributed by atoms with Gasteiger partial charge in [-0.15, -0.1) is 13.2 Å². The van der Waals surface area contributed by atoms with Crippen LogP contribution in [0.4, 0.5) is 30.7 Å². The van der Waals surface area contributed by atoms with E-state index in [0.29, 0.717) is 24.7 Å². The number of halogens is 7. The molecule has 1 aromatic rings. The molecule has 0 spiro atoms. The first-order valence-electron chi connectivity index (χ1n) is 12.0. The second kappa shape index (κ2) is 11.2. The molecular weight excluding hydrogens is 465 g/mol. The van der Waals surface area contributed by atoms with Gasteiger partial charge in [-0.05, 0) is 69.6 Å². The minimum atomic E-state index is -5.32. The Labute approximate surface area is 195 Å². The molecule has 0 amide bonds. The topological polar surface area (TPSA) is 18.5 Å². The molecule has 0 heterocycles. The zero-order valence-electron chi connectivity index (χ0n) is 19.2. The molecule has 0 N–H and O–H groups in total. The number of benzene rings is 1. The fourth-order valence-corrected chi connectivity index (χ4v) is 5.14. The number of ether oxygens (including phenoxy) is 2. The van der Waals surface area contributed by atoms with E-state index in [-0.39, 0.29) is 25.0 Å². The summed E-state index contributed by atoms with van der Waals surface area (Å²) in [6, 6.07) is 0.548. The molecule has 0 bridgehead atoms. The van der Waals surface area contributed by atoms with Gasteiger partial charge in [-0.25, -0.2) is 8.78 Å². The van der Waals surface area contributed by atoms with Crippen LogP contribution in [0.15, 0.2) is 23.8 Å². The molecule has 34 heavy (non-hydrogen) atoms. The van der Waals surface area contributed by atoms with Crippen LogP contribution in [0, 0.1) is 29.4 Å². The first-order valence-corrected chi connectivity index (χ1v) is 12.0. The van der Waals surface area contributed by atoms with E-state index in [2.05, 4.69) is 22.5 Å². The molecule has 0 saturated heterocycles. The fourth-order valence-electron chi connectivity index (χ4n) is 5.14. The summed E-state index contributed by atoms with van der Waals surface area (Å²) < 4.78 is 102. The van der Waals surface area contributed by atoms with Crippen molar-refractivity contribution >= 4 is 0 Å². The van der Waals surface area contributed by atoms with Gasteiger partial charge >= 0.3 is 12.5 Å². The second-order valence-electron chi connectivity index (χ2n) is 9.39. The lowest BCUT2D eigenvalue weighted by Gasteiger charge is -2.37. The molecule has 1 aromatic carbocycles. The number of unbranched alkanes of at least 4 members (excludes halogenated alkanes) is 2. The van der Waals surface area contributed by atoms with Gasteiger partial charge in [0.25, 0.3) is 0 Å². The number of rotatable bonds is 9. The standard InChI is InChI=1S/C25H31F7O2/c1-2-3-4-5-16-6-8-17(9-7-16)18-10-12-19(13-11-18)24(28,29)33-20-14-21(26)23(22(27)15-20)34-25(30,31)32/h6,14-15,17-19H,2-5,7-13H2,1H3. The van der Waals surface area contributed by atoms with Gasteiger partial charge in [-0.3, -0.25) is 0 Å². The Kier molecular flexibility index (Phi) is 8.79. The van der Waals surface area contributed by atoms with Gasteiger partial charge in [-0.2, -0.15) is 8.78 Å². The van der Waals surface area contributed by atoms with Crippen molar-refractivity contribution in [2.45, 2.75) is 90.0 Å². The first kappa shape index (κ1) is 26.7. The molecule has 2 aliphatic carbocycles. The van der Waals surface area contributed by atoms with E-state index in [1.165, 1.54) is 24.8 Å². The Balaban J connectivity index is 1.53. The van der Waals surface area contributed by atoms with Crippen LogP contribution in [0.1, 0.15) is 77.6 Å². The van der Waals surface area contributed by atoms with Crippen molar-refractivity contribution in [1.82, 2.24) is 0 Å². The van der Waals surface area contributed by atoms with Crippen LogP contribution in [0.5, 0.6) is 11.5 Å². The Hall–Kier alpha value is -1.93. The summed E-state index contributed by atoms with van der Waals surface area (Å²) in [5.74, 6) is -6.44. The summed E-state index contributed by atoms with van der Waals surface area (Å²) in [7, 11) is 0. The van der Waals surface area contributed by atoms with Crippen LogP contribution < -0.4 is 9.47 Å². The number of hydrogen-bond acceptors (Lipinski definition) is 2. The van der Waals surface area contributed by atoms with Crippen molar-refractivity contribution in [3.8, 4) is 11.5 Å². The molecule has 1 fully saturated rings. The third-order valence-electron chi connectivity index (χ3n) is 7.00. The second-order valence-corrected chi connectivity index (χ2v) is 9.39. The molecular formula is C25H31F7O2. The molecule has 192 valence electrons. The normalized spacial score (nSPS) is 24.0. The molecule has 0 radical (unpaired) electrons. The fraction of sp³-hybridized carbons (Fsp3) is 0.680. The van der Waals surface area contributed by atoms with E-state index in [4.69, 9.17) is 0 Å². The van der Waals surface area contributed by atoms with E-state index in [0.717, 1.165) is 25.7 Å². The zero-order chi connectivity index (χ0) is 24.9. The molecule has 0 aliphatic heterocycles. The maximum absolute atomic E-state index is 14.7. The van der Waals surface area contributed by atoms with Gasteiger partial charge < -0.3 is 9.47 Å². The molecule has 2 nitrogen and oxygen atoms in total. The van der Waals surface area contributed by atoms with Gasteiger partial charge in [0, 0.05) is 12.1 Å². The minimum absolute atomic E-state index is 0.210. The lowest BCUT2D eigenvalue weighted by Crippen LogP contribution is -2.38. The summed E-state index contributed by atoms with van der Waals surface area (Å²) in [6.45, 7) is 2.18. The molecule has 1 unspecified atom stereocenters. The van der Waals surface area contributed by atoms with Crippen LogP contribution in [-0.4, -0.2) is 12.5 Å². The van der Waals surface area contributed by atoms with Gasteiger partial charge in [0.05, 0.1) is 5.92 Å². The number of hydrogen-bond donors (Lipinski definition) is 0. The van der Waals surface area contributed by atoms with Gasteiger partial charge in [0.1, 0.15) is 5.75 Å². The third kappa shape index (κ3) is 7.28. The minimum Gasteiger partial charge on any atom is -0.432 e. The Bertz CT molecular complexity index is 819. The molecule has 3 rings (SSSR count). The van der Waals surface area contributed by atoms with E-state index in [1.54, 1.807) is 0 Å². The van der Waals surface area contributed by atoms with Crippen molar-refractivity contribution in [1.29, 1.82) is 0 Å². The summed E-state index contributed by atoms with van der Waals surface area (Å²) >= 11 is 0. The average Bonchev–Trinajstić information content (AvgIpc) is 2.76. The Morgan fingerprint density at radius 2 is 1.50 bits per heavy atom. The summed E-state index contributed by atoms with van der Waals surface area (Å²) in [4.78, 5) is 0. The zero-order valence-corrected chi connectivity index (χ0v) is 19.2. The monoisotopic (exact) mass is 496 g/mol. The van der Waals surface area contributed by atoms with E-state index >= 15 is 0 Å². The highest BCUT2D eigenvalue weighted by Gasteiger charge is 2.45. The predicted molar refractivity (Wildman–Crippen MR) is 114 cm³/mol. The maximum Gasteiger partial charge on any atom is 0.573 e. The summed E-state index contributed by atoms with van der Waals surface area (Å²) in [5.41, 5.74) is 1.50. The molecule has 9 heteroatoms. The SMILES string of the molecule is CCCCCC1=CCC(C2CCC(C(F)(F)Oc3cc(F)c(OC(F)(F)F)c(F)c3)CC2)CC1. The third-order valence-corrected chi connectivity index (χ3v) is 7.00. The van der Waals surface area contributed by atoms with Crippen molar-refractivity contribution < 1.29 is 40.2 Å². The maximum atomic E-state index is 14.7. The molecule has 0 aromatic heterocycles. The van der Waals surface area contributed by atoms with Crippen molar-refractivity contribution in [2.24, 2.45) is 17.8 Å². The predicted octanol–water partition coefficient (Wildman–Crippen LogP) is 8.95. The molecule has 1 atom stereocenters. The van der Waals surface area contributed by atoms with Crippen molar-refractivity contribution in [3.05, 3.63) is 35.4 Å². The van der Waals surface area contributed by atoms with Gasteiger partial charge in [0.2, 0.25) is 5.75 Å². The van der Waals surface area contributed by atoms with Crippen molar-refractivity contribution in [3.63, 3.8) is 0 Å². The van der Waals surface area contributed by atoms with E-state index in [9.17, 15) is 30.7 Å². The Morgan fingerprint density at radius 3 is 2.03 bits per heavy atom. The van der Waals surface area contributed by atoms with Crippen LogP contribution in [0.2, 0.25) is 0 Å². The van der Waals surface area contributed by atoms with Crippen LogP contribution in [0.25, 0.3) is 0 Å². The largest absolute Gasteiger partial charge is 0.573 e. The van der Waals surface area contributed by atoms with Crippen LogP contribution >= 0.6 is 0 Å². The van der Waals surface area contributed by atoms with Gasteiger partial charge in [-0.1, -0.05) is 31.4 Å². The highest BCUT2D eigenvalue weighted by molar-refractivity contribution is 5.35.